The molecule has 0 amide bonds. The van der Waals surface area contributed by atoms with Crippen molar-refractivity contribution in [2.45, 2.75) is 0 Å². The third kappa shape index (κ3) is 3.36. The molecule has 0 saturated carbocycles. The fraction of sp³-hybridized carbons (Fsp3) is 0. The number of carbonyl (C=O) groups excluding carboxylic acids is 1. The Morgan fingerprint density at radius 3 is 2.62 bits per heavy atom. The van der Waals surface area contributed by atoms with Gasteiger partial charge in [-0.3, -0.25) is 0 Å². The van der Waals surface area contributed by atoms with Crippen molar-refractivity contribution in [3.63, 3.8) is 0 Å². The lowest BCUT2D eigenvalue weighted by atomic mass is 10.7. The second kappa shape index (κ2) is 4.33. The van der Waals surface area contributed by atoms with Crippen molar-refractivity contribution in [1.82, 2.24) is 0 Å². The van der Waals surface area contributed by atoms with E-state index in [4.69, 9.17) is 0 Å². The third-order valence-electron chi connectivity index (χ3n) is 0.510. The van der Waals surface area contributed by atoms with Crippen LogP contribution in [0.3, 0.4) is 0 Å². The molecule has 0 aromatic heterocycles. The second-order valence-electron chi connectivity index (χ2n) is 1.12. The largest absolute Gasteiger partial charge is 0.518 e. The molecule has 0 unspecified atom stereocenters. The lowest BCUT2D eigenvalue weighted by Crippen LogP contribution is -2.01. The molecule has 0 aromatic carbocycles. The van der Waals surface area contributed by atoms with Crippen LogP contribution in [-0.2, 0) is 9.22 Å². The van der Waals surface area contributed by atoms with Crippen LogP contribution < -0.4 is 0 Å². The van der Waals surface area contributed by atoms with Crippen LogP contribution in [0.4, 0.5) is 0 Å². The van der Waals surface area contributed by atoms with Crippen LogP contribution in [0.25, 0.3) is 0 Å². The molecule has 0 aliphatic rings. The molecule has 0 fully saturated rings. The van der Waals surface area contributed by atoms with Gasteiger partial charge in [-0.25, -0.2) is 4.79 Å². The van der Waals surface area contributed by atoms with Crippen LogP contribution in [0.1, 0.15) is 0 Å². The molecule has 0 spiro atoms. The highest BCUT2D eigenvalue weighted by Crippen LogP contribution is 1.74. The van der Waals surface area contributed by atoms with E-state index in [2.05, 4.69) is 17.6 Å². The molecule has 3 heteroatoms. The molecule has 0 bridgehead atoms. The quantitative estimate of drug-likeness (QED) is 0.393. The molecule has 0 aromatic rings. The van der Waals surface area contributed by atoms with Crippen LogP contribution >= 0.6 is 0 Å². The summed E-state index contributed by atoms with van der Waals surface area (Å²) in [4.78, 5) is 10.2. The Balaban J connectivity index is 3.24. The maximum absolute atomic E-state index is 10.2. The predicted molar refractivity (Wildman–Crippen MR) is 35.0 cm³/mol. The van der Waals surface area contributed by atoms with Crippen molar-refractivity contribution in [3.8, 4) is 0 Å². The van der Waals surface area contributed by atoms with Gasteiger partial charge in [0.15, 0.2) is 0 Å². The highest BCUT2D eigenvalue weighted by molar-refractivity contribution is 6.37. The van der Waals surface area contributed by atoms with Crippen molar-refractivity contribution < 1.29 is 9.22 Å². The standard InChI is InChI=1S/C5H8O2Si/c1-3-5(6)7-8-4-2/h3-4H,1-2,8H2. The van der Waals surface area contributed by atoms with E-state index in [-0.39, 0.29) is 5.97 Å². The molecule has 0 saturated heterocycles. The predicted octanol–water partition coefficient (Wildman–Crippen LogP) is -0.0571. The Kier molecular flexibility index (Phi) is 3.88. The van der Waals surface area contributed by atoms with Crippen molar-refractivity contribution in [3.05, 3.63) is 24.9 Å². The monoisotopic (exact) mass is 128 g/mol. The molecular formula is C5H8O2Si. The summed E-state index contributed by atoms with van der Waals surface area (Å²) in [6, 6.07) is 0. The Morgan fingerprint density at radius 1 is 1.62 bits per heavy atom. The number of hydrogen-bond donors (Lipinski definition) is 0. The van der Waals surface area contributed by atoms with Gasteiger partial charge in [0, 0.05) is 6.08 Å². The van der Waals surface area contributed by atoms with Crippen LogP contribution in [0.15, 0.2) is 24.9 Å². The molecule has 2 nitrogen and oxygen atoms in total. The van der Waals surface area contributed by atoms with Crippen LogP contribution in [0.2, 0.25) is 0 Å². The van der Waals surface area contributed by atoms with Gasteiger partial charge in [0.05, 0.1) is 0 Å². The molecule has 0 aliphatic carbocycles. The summed E-state index contributed by atoms with van der Waals surface area (Å²) in [5, 5.41) is 0. The van der Waals surface area contributed by atoms with Gasteiger partial charge in [0.1, 0.15) is 0 Å². The van der Waals surface area contributed by atoms with E-state index in [1.54, 1.807) is 5.70 Å². The van der Waals surface area contributed by atoms with Gasteiger partial charge in [-0.1, -0.05) is 12.3 Å². The summed E-state index contributed by atoms with van der Waals surface area (Å²) in [5.74, 6) is -0.350. The summed E-state index contributed by atoms with van der Waals surface area (Å²) in [7, 11) is -0.794. The summed E-state index contributed by atoms with van der Waals surface area (Å²) in [6.07, 6.45) is 1.15. The molecule has 44 valence electrons. The van der Waals surface area contributed by atoms with Gasteiger partial charge in [-0.05, 0) is 0 Å². The highest BCUT2D eigenvalue weighted by Gasteiger charge is 1.88. The second-order valence-corrected chi connectivity index (χ2v) is 2.32. The zero-order valence-corrected chi connectivity index (χ0v) is 6.01. The van der Waals surface area contributed by atoms with E-state index in [9.17, 15) is 4.79 Å². The molecule has 0 atom stereocenters. The fourth-order valence-electron chi connectivity index (χ4n) is 0.200. The van der Waals surface area contributed by atoms with Crippen LogP contribution in [0, 0.1) is 0 Å². The fourth-order valence-corrected chi connectivity index (χ4v) is 0.600. The molecule has 0 N–H and O–H groups in total. The van der Waals surface area contributed by atoms with Crippen molar-refractivity contribution in [2.24, 2.45) is 0 Å². The van der Waals surface area contributed by atoms with Gasteiger partial charge in [0.2, 0.25) is 9.76 Å². The first-order valence-electron chi connectivity index (χ1n) is 2.21. The average Bonchev–Trinajstić information content (AvgIpc) is 1.83. The lowest BCUT2D eigenvalue weighted by molar-refractivity contribution is -0.128. The minimum Gasteiger partial charge on any atom is -0.518 e. The molecule has 8 heavy (non-hydrogen) atoms. The smallest absolute Gasteiger partial charge is 0.316 e. The van der Waals surface area contributed by atoms with E-state index < -0.39 is 9.76 Å². The highest BCUT2D eigenvalue weighted by atomic mass is 28.2. The van der Waals surface area contributed by atoms with E-state index >= 15 is 0 Å². The van der Waals surface area contributed by atoms with Crippen LogP contribution in [0.5, 0.6) is 0 Å². The summed E-state index contributed by atoms with van der Waals surface area (Å²) in [5.41, 5.74) is 1.64. The minimum absolute atomic E-state index is 0.350. The van der Waals surface area contributed by atoms with Crippen LogP contribution in [-0.4, -0.2) is 15.7 Å². The Bertz CT molecular complexity index is 109. The molecular weight excluding hydrogens is 120 g/mol. The third-order valence-corrected chi connectivity index (χ3v) is 1.20. The first kappa shape index (κ1) is 7.17. The van der Waals surface area contributed by atoms with Gasteiger partial charge in [-0.15, -0.1) is 6.58 Å². The summed E-state index contributed by atoms with van der Waals surface area (Å²) < 4.78 is 4.60. The molecule has 0 rings (SSSR count). The van der Waals surface area contributed by atoms with Gasteiger partial charge < -0.3 is 4.43 Å². The SMILES string of the molecule is C=C[SiH2]OC(=O)C=C. The van der Waals surface area contributed by atoms with E-state index in [1.807, 2.05) is 0 Å². The first-order chi connectivity index (χ1) is 3.81. The maximum atomic E-state index is 10.2. The average molecular weight is 128 g/mol. The van der Waals surface area contributed by atoms with Gasteiger partial charge >= 0.3 is 5.97 Å². The lowest BCUT2D eigenvalue weighted by Gasteiger charge is -1.92. The zero-order valence-electron chi connectivity index (χ0n) is 4.59. The molecule has 0 aliphatic heterocycles. The van der Waals surface area contributed by atoms with E-state index in [0.29, 0.717) is 0 Å². The Labute approximate surface area is 50.8 Å². The Hall–Kier alpha value is -0.833. The normalized spacial score (nSPS) is 9.00. The van der Waals surface area contributed by atoms with Crippen molar-refractivity contribution >= 4 is 15.7 Å². The summed E-state index contributed by atoms with van der Waals surface area (Å²) >= 11 is 0. The minimum atomic E-state index is -0.794. The van der Waals surface area contributed by atoms with Gasteiger partial charge in [0.25, 0.3) is 0 Å². The summed E-state index contributed by atoms with van der Waals surface area (Å²) in [6.45, 7) is 6.64. The first-order valence-corrected chi connectivity index (χ1v) is 3.60. The number of carbonyl (C=O) groups is 1. The van der Waals surface area contributed by atoms with Gasteiger partial charge in [-0.2, -0.15) is 0 Å². The van der Waals surface area contributed by atoms with E-state index in [0.717, 1.165) is 6.08 Å². The zero-order chi connectivity index (χ0) is 6.41. The topological polar surface area (TPSA) is 26.3 Å². The Morgan fingerprint density at radius 2 is 2.25 bits per heavy atom. The number of rotatable bonds is 3. The molecule has 0 radical (unpaired) electrons. The van der Waals surface area contributed by atoms with Crippen molar-refractivity contribution in [2.75, 3.05) is 0 Å². The number of hydrogen-bond acceptors (Lipinski definition) is 2. The van der Waals surface area contributed by atoms with E-state index in [1.165, 1.54) is 0 Å². The maximum Gasteiger partial charge on any atom is 0.316 e. The van der Waals surface area contributed by atoms with Crippen molar-refractivity contribution in [1.29, 1.82) is 0 Å². The molecule has 0 heterocycles.